The number of H-pyrrole nitrogens is 1. The predicted molar refractivity (Wildman–Crippen MR) is 92.5 cm³/mol. The van der Waals surface area contributed by atoms with Gasteiger partial charge in [-0.2, -0.15) is 0 Å². The third-order valence-electron chi connectivity index (χ3n) is 4.67. The Morgan fingerprint density at radius 3 is 2.88 bits per heavy atom. The van der Waals surface area contributed by atoms with E-state index in [0.29, 0.717) is 5.92 Å². The number of benzene rings is 1. The lowest BCUT2D eigenvalue weighted by atomic mass is 9.95. The molecule has 1 fully saturated rings. The third kappa shape index (κ3) is 3.40. The summed E-state index contributed by atoms with van der Waals surface area (Å²) in [5.74, 6) is 0.156. The maximum atomic E-state index is 13.3. The molecule has 4 nitrogen and oxygen atoms in total. The van der Waals surface area contributed by atoms with E-state index in [-0.39, 0.29) is 18.0 Å². The molecule has 1 aromatic carbocycles. The number of carbonyl (C=O) groups is 1. The van der Waals surface area contributed by atoms with Crippen LogP contribution in [0.15, 0.2) is 24.4 Å². The molecular formula is C19H25FN2O2. The van der Waals surface area contributed by atoms with Crippen LogP contribution in [0.3, 0.4) is 0 Å². The molecule has 2 heterocycles. The molecule has 0 bridgehead atoms. The molecule has 1 aliphatic heterocycles. The van der Waals surface area contributed by atoms with Gasteiger partial charge >= 0.3 is 6.09 Å². The summed E-state index contributed by atoms with van der Waals surface area (Å²) in [6.45, 7) is 8.54. The maximum Gasteiger partial charge on any atom is 0.410 e. The molecule has 0 unspecified atom stereocenters. The van der Waals surface area contributed by atoms with Gasteiger partial charge < -0.3 is 14.6 Å². The van der Waals surface area contributed by atoms with Crippen molar-refractivity contribution in [2.45, 2.75) is 52.2 Å². The molecule has 1 aliphatic rings. The summed E-state index contributed by atoms with van der Waals surface area (Å²) in [5, 5.41) is 1.01. The third-order valence-corrected chi connectivity index (χ3v) is 4.67. The monoisotopic (exact) mass is 332 g/mol. The first-order valence-electron chi connectivity index (χ1n) is 8.50. The van der Waals surface area contributed by atoms with Crippen LogP contribution >= 0.6 is 0 Å². The van der Waals surface area contributed by atoms with Gasteiger partial charge in [-0.25, -0.2) is 9.18 Å². The van der Waals surface area contributed by atoms with E-state index in [2.05, 4.69) is 11.9 Å². The minimum Gasteiger partial charge on any atom is -0.444 e. The van der Waals surface area contributed by atoms with Crippen molar-refractivity contribution in [3.8, 4) is 0 Å². The Labute approximate surface area is 142 Å². The Morgan fingerprint density at radius 2 is 2.17 bits per heavy atom. The van der Waals surface area contributed by atoms with Gasteiger partial charge in [0.25, 0.3) is 0 Å². The van der Waals surface area contributed by atoms with Gasteiger partial charge in [0, 0.05) is 29.7 Å². The lowest BCUT2D eigenvalue weighted by Gasteiger charge is -2.30. The van der Waals surface area contributed by atoms with Crippen LogP contribution in [0.2, 0.25) is 0 Å². The van der Waals surface area contributed by atoms with Crippen LogP contribution in [0.4, 0.5) is 9.18 Å². The van der Waals surface area contributed by atoms with Gasteiger partial charge in [-0.15, -0.1) is 0 Å². The average Bonchev–Trinajstić information content (AvgIpc) is 3.02. The second-order valence-electron chi connectivity index (χ2n) is 7.71. The summed E-state index contributed by atoms with van der Waals surface area (Å²) in [4.78, 5) is 17.5. The molecule has 1 aromatic heterocycles. The van der Waals surface area contributed by atoms with E-state index in [0.717, 1.165) is 35.9 Å². The zero-order valence-corrected chi connectivity index (χ0v) is 14.7. The predicted octanol–water partition coefficient (Wildman–Crippen LogP) is 4.50. The molecular weight excluding hydrogens is 307 g/mol. The molecule has 3 rings (SSSR count). The summed E-state index contributed by atoms with van der Waals surface area (Å²) in [6, 6.07) is 4.88. The Balaban J connectivity index is 1.82. The number of aromatic amines is 1. The number of ether oxygens (including phenoxy) is 1. The molecule has 5 heteroatoms. The van der Waals surface area contributed by atoms with Crippen molar-refractivity contribution in [1.29, 1.82) is 0 Å². The van der Waals surface area contributed by atoms with Crippen molar-refractivity contribution in [1.82, 2.24) is 9.88 Å². The molecule has 24 heavy (non-hydrogen) atoms. The molecule has 1 saturated heterocycles. The fourth-order valence-corrected chi connectivity index (χ4v) is 3.42. The quantitative estimate of drug-likeness (QED) is 0.880. The van der Waals surface area contributed by atoms with E-state index >= 15 is 0 Å². The van der Waals surface area contributed by atoms with Crippen molar-refractivity contribution in [2.24, 2.45) is 5.92 Å². The Hall–Kier alpha value is -2.04. The molecule has 130 valence electrons. The van der Waals surface area contributed by atoms with Crippen molar-refractivity contribution in [3.63, 3.8) is 0 Å². The number of amides is 1. The lowest BCUT2D eigenvalue weighted by Crippen LogP contribution is -2.42. The highest BCUT2D eigenvalue weighted by molar-refractivity contribution is 5.83. The highest BCUT2D eigenvalue weighted by Crippen LogP contribution is 2.30. The summed E-state index contributed by atoms with van der Waals surface area (Å²) >= 11 is 0. The first-order chi connectivity index (χ1) is 11.2. The van der Waals surface area contributed by atoms with Crippen molar-refractivity contribution >= 4 is 17.0 Å². The van der Waals surface area contributed by atoms with E-state index in [1.807, 2.05) is 31.9 Å². The number of likely N-dealkylation sites (tertiary alicyclic amines) is 1. The largest absolute Gasteiger partial charge is 0.444 e. The normalized spacial score (nSPS) is 21.5. The van der Waals surface area contributed by atoms with Crippen LogP contribution in [-0.2, 0) is 11.2 Å². The number of hydrogen-bond acceptors (Lipinski definition) is 2. The van der Waals surface area contributed by atoms with Crippen LogP contribution in [0.25, 0.3) is 10.9 Å². The topological polar surface area (TPSA) is 45.3 Å². The van der Waals surface area contributed by atoms with E-state index < -0.39 is 5.60 Å². The van der Waals surface area contributed by atoms with Gasteiger partial charge in [-0.05, 0) is 63.3 Å². The van der Waals surface area contributed by atoms with E-state index in [1.54, 1.807) is 6.07 Å². The number of halogens is 1. The van der Waals surface area contributed by atoms with E-state index in [1.165, 1.54) is 12.1 Å². The van der Waals surface area contributed by atoms with Crippen LogP contribution in [0.5, 0.6) is 0 Å². The number of hydrogen-bond donors (Lipinski definition) is 1. The second-order valence-corrected chi connectivity index (χ2v) is 7.71. The lowest BCUT2D eigenvalue weighted by molar-refractivity contribution is 0.0211. The fourth-order valence-electron chi connectivity index (χ4n) is 3.42. The molecule has 0 aliphatic carbocycles. The Kier molecular flexibility index (Phi) is 4.28. The minimum absolute atomic E-state index is 0.101. The van der Waals surface area contributed by atoms with Crippen LogP contribution in [0, 0.1) is 11.7 Å². The molecule has 0 spiro atoms. The molecule has 1 amide bonds. The van der Waals surface area contributed by atoms with Crippen LogP contribution in [-0.4, -0.2) is 34.2 Å². The SMILES string of the molecule is C[C@H]1CCN(C(=O)OC(C)(C)C)[C@@H]1Cc1c[nH]c2cc(F)ccc12. The zero-order valence-electron chi connectivity index (χ0n) is 14.7. The fraction of sp³-hybridized carbons (Fsp3) is 0.526. The average molecular weight is 332 g/mol. The number of nitrogens with one attached hydrogen (secondary N) is 1. The smallest absolute Gasteiger partial charge is 0.410 e. The first-order valence-corrected chi connectivity index (χ1v) is 8.50. The molecule has 1 N–H and O–H groups in total. The minimum atomic E-state index is -0.494. The van der Waals surface area contributed by atoms with Crippen LogP contribution < -0.4 is 0 Å². The van der Waals surface area contributed by atoms with Crippen LogP contribution in [0.1, 0.15) is 39.7 Å². The summed E-state index contributed by atoms with van der Waals surface area (Å²) in [5.41, 5.74) is 1.41. The van der Waals surface area contributed by atoms with E-state index in [9.17, 15) is 9.18 Å². The summed E-state index contributed by atoms with van der Waals surface area (Å²) in [6.07, 6.45) is 3.39. The van der Waals surface area contributed by atoms with Gasteiger partial charge in [0.1, 0.15) is 11.4 Å². The number of rotatable bonds is 2. The first kappa shape index (κ1) is 16.8. The van der Waals surface area contributed by atoms with Gasteiger partial charge in [0.2, 0.25) is 0 Å². The highest BCUT2D eigenvalue weighted by Gasteiger charge is 2.37. The Bertz CT molecular complexity index is 747. The molecule has 0 radical (unpaired) electrons. The Morgan fingerprint density at radius 1 is 1.42 bits per heavy atom. The molecule has 2 aromatic rings. The number of carbonyl (C=O) groups excluding carboxylic acids is 1. The summed E-state index contributed by atoms with van der Waals surface area (Å²) < 4.78 is 18.9. The van der Waals surface area contributed by atoms with Gasteiger partial charge in [0.05, 0.1) is 0 Å². The second kappa shape index (κ2) is 6.11. The maximum absolute atomic E-state index is 13.3. The van der Waals surface area contributed by atoms with Crippen molar-refractivity contribution in [3.05, 3.63) is 35.8 Å². The molecule has 0 saturated carbocycles. The van der Waals surface area contributed by atoms with Gasteiger partial charge in [0.15, 0.2) is 0 Å². The van der Waals surface area contributed by atoms with Crippen molar-refractivity contribution < 1.29 is 13.9 Å². The number of fused-ring (bicyclic) bond motifs is 1. The van der Waals surface area contributed by atoms with Crippen molar-refractivity contribution in [2.75, 3.05) is 6.54 Å². The number of aromatic nitrogens is 1. The van der Waals surface area contributed by atoms with E-state index in [4.69, 9.17) is 4.74 Å². The highest BCUT2D eigenvalue weighted by atomic mass is 19.1. The zero-order chi connectivity index (χ0) is 17.5. The number of nitrogens with zero attached hydrogens (tertiary/aromatic N) is 1. The molecule has 2 atom stereocenters. The standard InChI is InChI=1S/C19H25FN2O2/c1-12-7-8-22(18(23)24-19(2,3)4)17(12)9-13-11-21-16-10-14(20)5-6-15(13)16/h5-6,10-12,17,21H,7-9H2,1-4H3/t12-,17+/m0/s1. The van der Waals surface area contributed by atoms with Gasteiger partial charge in [-0.1, -0.05) is 6.92 Å². The summed E-state index contributed by atoms with van der Waals surface area (Å²) in [7, 11) is 0. The van der Waals surface area contributed by atoms with Gasteiger partial charge in [-0.3, -0.25) is 0 Å².